The van der Waals surface area contributed by atoms with Crippen LogP contribution in [0.15, 0.2) is 47.6 Å². The van der Waals surface area contributed by atoms with Gasteiger partial charge in [-0.3, -0.25) is 0 Å². The van der Waals surface area contributed by atoms with Crippen molar-refractivity contribution in [2.24, 2.45) is 0 Å². The number of aromatic nitrogens is 1. The first-order valence-electron chi connectivity index (χ1n) is 6.23. The van der Waals surface area contributed by atoms with Gasteiger partial charge in [-0.15, -0.1) is 11.8 Å². The van der Waals surface area contributed by atoms with Crippen LogP contribution < -0.4 is 4.74 Å². The minimum atomic E-state index is -0.962. The summed E-state index contributed by atoms with van der Waals surface area (Å²) in [5.74, 6) is 0.649. The maximum atomic E-state index is 10.7. The van der Waals surface area contributed by atoms with Crippen LogP contribution in [0.25, 0.3) is 0 Å². The highest BCUT2D eigenvalue weighted by molar-refractivity contribution is 7.98. The molecule has 5 heteroatoms. The molecule has 0 fully saturated rings. The fourth-order valence-electron chi connectivity index (χ4n) is 1.66. The van der Waals surface area contributed by atoms with Crippen LogP contribution in [0, 0.1) is 0 Å². The fraction of sp³-hybridized carbons (Fsp3) is 0.200. The Hall–Kier alpha value is -2.01. The topological polar surface area (TPSA) is 59.4 Å². The van der Waals surface area contributed by atoms with E-state index in [1.807, 2.05) is 31.2 Å². The van der Waals surface area contributed by atoms with Crippen molar-refractivity contribution in [2.45, 2.75) is 17.7 Å². The third-order valence-corrected chi connectivity index (χ3v) is 3.62. The van der Waals surface area contributed by atoms with Gasteiger partial charge in [0.05, 0.1) is 17.2 Å². The molecule has 0 saturated carbocycles. The molecule has 0 aliphatic carbocycles. The van der Waals surface area contributed by atoms with Crippen molar-refractivity contribution >= 4 is 17.7 Å². The molecule has 0 bridgehead atoms. The zero-order valence-corrected chi connectivity index (χ0v) is 11.9. The number of rotatable bonds is 6. The summed E-state index contributed by atoms with van der Waals surface area (Å²) in [6.07, 6.45) is 1.37. The summed E-state index contributed by atoms with van der Waals surface area (Å²) < 4.78 is 5.56. The van der Waals surface area contributed by atoms with Crippen molar-refractivity contribution in [2.75, 3.05) is 6.61 Å². The first kappa shape index (κ1) is 14.4. The molecule has 2 rings (SSSR count). The molecule has 104 valence electrons. The molecular formula is C15H15NO3S. The lowest BCUT2D eigenvalue weighted by molar-refractivity contribution is 0.0696. The van der Waals surface area contributed by atoms with Crippen LogP contribution in [-0.4, -0.2) is 22.7 Å². The lowest BCUT2D eigenvalue weighted by Gasteiger charge is -2.09. The van der Waals surface area contributed by atoms with Crippen molar-refractivity contribution in [1.82, 2.24) is 4.98 Å². The summed E-state index contributed by atoms with van der Waals surface area (Å²) in [5, 5.41) is 9.61. The number of para-hydroxylation sites is 1. The molecule has 0 radical (unpaired) electrons. The Bertz CT molecular complexity index is 584. The van der Waals surface area contributed by atoms with Gasteiger partial charge in [-0.1, -0.05) is 18.2 Å². The minimum absolute atomic E-state index is 0.198. The van der Waals surface area contributed by atoms with Crippen LogP contribution in [0.5, 0.6) is 5.75 Å². The van der Waals surface area contributed by atoms with Crippen molar-refractivity contribution < 1.29 is 14.6 Å². The van der Waals surface area contributed by atoms with Gasteiger partial charge in [0.25, 0.3) is 0 Å². The van der Waals surface area contributed by atoms with Gasteiger partial charge < -0.3 is 9.84 Å². The molecule has 0 spiro atoms. The number of carbonyl (C=O) groups is 1. The average Bonchev–Trinajstić information content (AvgIpc) is 2.47. The van der Waals surface area contributed by atoms with Crippen molar-refractivity contribution in [3.05, 3.63) is 53.7 Å². The highest BCUT2D eigenvalue weighted by Gasteiger charge is 2.06. The lowest BCUT2D eigenvalue weighted by Crippen LogP contribution is -1.97. The molecule has 0 amide bonds. The number of nitrogens with zero attached hydrogens (tertiary/aromatic N) is 1. The number of carboxylic acid groups (broad SMARTS) is 1. The average molecular weight is 289 g/mol. The van der Waals surface area contributed by atoms with Crippen LogP contribution in [0.3, 0.4) is 0 Å². The summed E-state index contributed by atoms with van der Waals surface area (Å²) in [6.45, 7) is 2.59. The molecule has 2 aromatic rings. The van der Waals surface area contributed by atoms with Crippen molar-refractivity contribution in [3.63, 3.8) is 0 Å². The SMILES string of the molecule is CCOc1ccccc1CSc1ccc(C(=O)O)cn1. The van der Waals surface area contributed by atoms with Gasteiger partial charge in [0.2, 0.25) is 0 Å². The second kappa shape index (κ2) is 6.96. The van der Waals surface area contributed by atoms with E-state index in [1.54, 1.807) is 23.9 Å². The van der Waals surface area contributed by atoms with E-state index >= 15 is 0 Å². The predicted molar refractivity (Wildman–Crippen MR) is 78.4 cm³/mol. The molecular weight excluding hydrogens is 274 g/mol. The Balaban J connectivity index is 2.03. The molecule has 0 unspecified atom stereocenters. The van der Waals surface area contributed by atoms with E-state index in [4.69, 9.17) is 9.84 Å². The predicted octanol–water partition coefficient (Wildman–Crippen LogP) is 3.47. The molecule has 0 saturated heterocycles. The smallest absolute Gasteiger partial charge is 0.337 e. The zero-order chi connectivity index (χ0) is 14.4. The molecule has 1 heterocycles. The van der Waals surface area contributed by atoms with Gasteiger partial charge in [0.1, 0.15) is 5.75 Å². The molecule has 20 heavy (non-hydrogen) atoms. The van der Waals surface area contributed by atoms with Crippen LogP contribution in [0.4, 0.5) is 0 Å². The number of thioether (sulfide) groups is 1. The van der Waals surface area contributed by atoms with Gasteiger partial charge >= 0.3 is 5.97 Å². The zero-order valence-electron chi connectivity index (χ0n) is 11.1. The second-order valence-electron chi connectivity index (χ2n) is 4.02. The van der Waals surface area contributed by atoms with E-state index in [-0.39, 0.29) is 5.56 Å². The summed E-state index contributed by atoms with van der Waals surface area (Å²) in [6, 6.07) is 11.2. The van der Waals surface area contributed by atoms with Gasteiger partial charge in [-0.25, -0.2) is 9.78 Å². The molecule has 0 aliphatic rings. The largest absolute Gasteiger partial charge is 0.494 e. The van der Waals surface area contributed by atoms with E-state index in [9.17, 15) is 4.79 Å². The number of pyridine rings is 1. The molecule has 1 aromatic heterocycles. The van der Waals surface area contributed by atoms with Crippen molar-refractivity contribution in [1.29, 1.82) is 0 Å². The lowest BCUT2D eigenvalue weighted by atomic mass is 10.2. The van der Waals surface area contributed by atoms with Gasteiger partial charge in [0, 0.05) is 17.5 Å². The third-order valence-electron chi connectivity index (χ3n) is 2.63. The molecule has 1 aromatic carbocycles. The van der Waals surface area contributed by atoms with E-state index in [0.717, 1.165) is 22.1 Å². The first-order chi connectivity index (χ1) is 9.70. The third kappa shape index (κ3) is 3.74. The molecule has 0 aliphatic heterocycles. The standard InChI is InChI=1S/C15H15NO3S/c1-2-19-13-6-4-3-5-12(13)10-20-14-8-7-11(9-16-14)15(17)18/h3-9H,2,10H2,1H3,(H,17,18). The van der Waals surface area contributed by atoms with Crippen LogP contribution in [0.2, 0.25) is 0 Å². The number of hydrogen-bond acceptors (Lipinski definition) is 4. The summed E-state index contributed by atoms with van der Waals surface area (Å²) in [4.78, 5) is 14.9. The number of ether oxygens (including phenoxy) is 1. The Morgan fingerprint density at radius 1 is 1.30 bits per heavy atom. The number of hydrogen-bond donors (Lipinski definition) is 1. The maximum Gasteiger partial charge on any atom is 0.337 e. The maximum absolute atomic E-state index is 10.7. The summed E-state index contributed by atoms with van der Waals surface area (Å²) in [7, 11) is 0. The summed E-state index contributed by atoms with van der Waals surface area (Å²) >= 11 is 1.55. The quantitative estimate of drug-likeness (QED) is 0.825. The second-order valence-corrected chi connectivity index (χ2v) is 5.02. The highest BCUT2D eigenvalue weighted by atomic mass is 32.2. The minimum Gasteiger partial charge on any atom is -0.494 e. The van der Waals surface area contributed by atoms with Gasteiger partial charge in [0.15, 0.2) is 0 Å². The van der Waals surface area contributed by atoms with E-state index < -0.39 is 5.97 Å². The monoisotopic (exact) mass is 289 g/mol. The molecule has 4 nitrogen and oxygen atoms in total. The van der Waals surface area contributed by atoms with Crippen molar-refractivity contribution in [3.8, 4) is 5.75 Å². The first-order valence-corrected chi connectivity index (χ1v) is 7.22. The van der Waals surface area contributed by atoms with E-state index in [0.29, 0.717) is 6.61 Å². The molecule has 0 atom stereocenters. The number of carboxylic acids is 1. The number of aromatic carboxylic acids is 1. The van der Waals surface area contributed by atoms with Gasteiger partial charge in [-0.2, -0.15) is 0 Å². The molecule has 1 N–H and O–H groups in total. The Labute approximate surface area is 121 Å². The highest BCUT2D eigenvalue weighted by Crippen LogP contribution is 2.26. The fourth-order valence-corrected chi connectivity index (χ4v) is 2.50. The van der Waals surface area contributed by atoms with Gasteiger partial charge in [-0.05, 0) is 25.1 Å². The van der Waals surface area contributed by atoms with Crippen LogP contribution >= 0.6 is 11.8 Å². The normalized spacial score (nSPS) is 10.2. The Kier molecular flexibility index (Phi) is 5.01. The van der Waals surface area contributed by atoms with Crippen LogP contribution in [0.1, 0.15) is 22.8 Å². The summed E-state index contributed by atoms with van der Waals surface area (Å²) in [5.41, 5.74) is 1.30. The van der Waals surface area contributed by atoms with Crippen LogP contribution in [-0.2, 0) is 5.75 Å². The Morgan fingerprint density at radius 3 is 2.75 bits per heavy atom. The Morgan fingerprint density at radius 2 is 2.10 bits per heavy atom. The number of benzene rings is 1. The van der Waals surface area contributed by atoms with E-state index in [2.05, 4.69) is 4.98 Å². The van der Waals surface area contributed by atoms with E-state index in [1.165, 1.54) is 6.20 Å².